The predicted octanol–water partition coefficient (Wildman–Crippen LogP) is -1.10. The van der Waals surface area contributed by atoms with Crippen LogP contribution in [0, 0.1) is 0 Å². The highest BCUT2D eigenvalue weighted by Crippen LogP contribution is 2.20. The van der Waals surface area contributed by atoms with Crippen molar-refractivity contribution in [1.82, 2.24) is 10.3 Å². The second-order valence-corrected chi connectivity index (χ2v) is 3.92. The van der Waals surface area contributed by atoms with E-state index in [9.17, 15) is 4.79 Å². The number of hydrazine groups is 1. The average Bonchev–Trinajstić information content (AvgIpc) is 3.07. The number of ketones is 1. The van der Waals surface area contributed by atoms with Crippen LogP contribution in [0.1, 0.15) is 26.2 Å². The van der Waals surface area contributed by atoms with Gasteiger partial charge in [-0.15, -0.1) is 0 Å². The van der Waals surface area contributed by atoms with Crippen LogP contribution in [0.4, 0.5) is 0 Å². The fourth-order valence-electron chi connectivity index (χ4n) is 1.37. The number of amidine groups is 1. The number of Topliss-reactive ketones (excluding diaryl/α,β-unsaturated/α-hetero) is 1. The molecule has 2 rings (SSSR count). The molecular formula is C9H16N6O. The minimum atomic E-state index is -0.476. The monoisotopic (exact) mass is 224 g/mol. The first-order valence-electron chi connectivity index (χ1n) is 5.37. The Morgan fingerprint density at radius 3 is 2.88 bits per heavy atom. The van der Waals surface area contributed by atoms with Crippen molar-refractivity contribution in [3.63, 3.8) is 0 Å². The molecular weight excluding hydrogens is 208 g/mol. The smallest absolute Gasteiger partial charge is 0.215 e. The Bertz CT molecular complexity index is 359. The largest absolute Gasteiger partial charge is 0.368 e. The van der Waals surface area contributed by atoms with E-state index in [0.717, 1.165) is 12.8 Å². The highest BCUT2D eigenvalue weighted by molar-refractivity contribution is 6.40. The van der Waals surface area contributed by atoms with Gasteiger partial charge in [0.15, 0.2) is 17.9 Å². The summed E-state index contributed by atoms with van der Waals surface area (Å²) in [5, 5.41) is 4.42. The van der Waals surface area contributed by atoms with Gasteiger partial charge >= 0.3 is 0 Å². The molecule has 5 N–H and O–H groups in total. The van der Waals surface area contributed by atoms with Crippen molar-refractivity contribution < 1.29 is 4.79 Å². The van der Waals surface area contributed by atoms with Gasteiger partial charge in [-0.3, -0.25) is 10.1 Å². The fourth-order valence-corrected chi connectivity index (χ4v) is 1.37. The molecule has 1 saturated carbocycles. The Morgan fingerprint density at radius 2 is 2.31 bits per heavy atom. The Hall–Kier alpha value is -1.47. The molecule has 1 fully saturated rings. The third kappa shape index (κ3) is 2.20. The number of aliphatic imine (C=N–C) groups is 2. The first kappa shape index (κ1) is 11.0. The average molecular weight is 224 g/mol. The molecule has 7 heteroatoms. The van der Waals surface area contributed by atoms with E-state index in [4.69, 9.17) is 11.6 Å². The molecule has 2 aliphatic rings. The molecule has 0 amide bonds. The lowest BCUT2D eigenvalue weighted by Gasteiger charge is -2.29. The van der Waals surface area contributed by atoms with E-state index < -0.39 is 6.29 Å². The molecule has 0 saturated heterocycles. The normalized spacial score (nSPS) is 25.1. The van der Waals surface area contributed by atoms with Crippen molar-refractivity contribution in [1.29, 1.82) is 0 Å². The summed E-state index contributed by atoms with van der Waals surface area (Å²) < 4.78 is 0. The van der Waals surface area contributed by atoms with Gasteiger partial charge in [-0.2, -0.15) is 4.99 Å². The van der Waals surface area contributed by atoms with Crippen LogP contribution in [0.5, 0.6) is 0 Å². The first-order valence-corrected chi connectivity index (χ1v) is 5.37. The van der Waals surface area contributed by atoms with Crippen LogP contribution in [0.25, 0.3) is 0 Å². The van der Waals surface area contributed by atoms with Crippen LogP contribution >= 0.6 is 0 Å². The Morgan fingerprint density at radius 1 is 1.62 bits per heavy atom. The maximum atomic E-state index is 11.5. The Labute approximate surface area is 93.6 Å². The zero-order valence-corrected chi connectivity index (χ0v) is 9.18. The third-order valence-corrected chi connectivity index (χ3v) is 2.53. The van der Waals surface area contributed by atoms with E-state index in [2.05, 4.69) is 15.3 Å². The molecule has 88 valence electrons. The van der Waals surface area contributed by atoms with Gasteiger partial charge < -0.3 is 5.73 Å². The third-order valence-electron chi connectivity index (χ3n) is 2.53. The number of nitrogens with zero attached hydrogens (tertiary/aromatic N) is 3. The molecule has 0 aromatic carbocycles. The number of rotatable bonds is 4. The van der Waals surface area contributed by atoms with E-state index in [-0.39, 0.29) is 17.6 Å². The highest BCUT2D eigenvalue weighted by atomic mass is 16.1. The van der Waals surface area contributed by atoms with E-state index in [1.54, 1.807) is 6.92 Å². The second kappa shape index (κ2) is 4.18. The zero-order chi connectivity index (χ0) is 11.7. The Kier molecular flexibility index (Phi) is 2.88. The number of hydrogen-bond donors (Lipinski definition) is 3. The lowest BCUT2D eigenvalue weighted by Crippen LogP contribution is -2.57. The molecule has 0 bridgehead atoms. The summed E-state index contributed by atoms with van der Waals surface area (Å²) in [5.74, 6) is 5.84. The van der Waals surface area contributed by atoms with Crippen molar-refractivity contribution in [3.05, 3.63) is 0 Å². The first-order chi connectivity index (χ1) is 7.61. The van der Waals surface area contributed by atoms with Gasteiger partial charge in [-0.05, 0) is 12.8 Å². The van der Waals surface area contributed by atoms with Crippen LogP contribution in [0.15, 0.2) is 9.98 Å². The van der Waals surface area contributed by atoms with Gasteiger partial charge in [0.05, 0.1) is 0 Å². The SMILES string of the molecule is CCC(=O)C1=NC(NC2CC2)N(N)C(N)=N1. The van der Waals surface area contributed by atoms with Crippen molar-refractivity contribution in [3.8, 4) is 0 Å². The van der Waals surface area contributed by atoms with Crippen molar-refractivity contribution in [2.45, 2.75) is 38.5 Å². The van der Waals surface area contributed by atoms with Gasteiger partial charge in [0.2, 0.25) is 5.96 Å². The van der Waals surface area contributed by atoms with E-state index in [0.29, 0.717) is 12.5 Å². The zero-order valence-electron chi connectivity index (χ0n) is 9.18. The molecule has 0 radical (unpaired) electrons. The van der Waals surface area contributed by atoms with Gasteiger partial charge in [0, 0.05) is 12.5 Å². The quantitative estimate of drug-likeness (QED) is 0.525. The lowest BCUT2D eigenvalue weighted by molar-refractivity contribution is -0.112. The molecule has 7 nitrogen and oxygen atoms in total. The molecule has 16 heavy (non-hydrogen) atoms. The number of nitrogens with two attached hydrogens (primary N) is 2. The lowest BCUT2D eigenvalue weighted by atomic mass is 10.3. The molecule has 1 atom stereocenters. The Balaban J connectivity index is 2.14. The minimum Gasteiger partial charge on any atom is -0.368 e. The number of guanidine groups is 1. The molecule has 0 aromatic heterocycles. The van der Waals surface area contributed by atoms with Crippen molar-refractivity contribution >= 4 is 17.6 Å². The van der Waals surface area contributed by atoms with Crippen LogP contribution in [-0.2, 0) is 4.79 Å². The summed E-state index contributed by atoms with van der Waals surface area (Å²) >= 11 is 0. The molecule has 1 unspecified atom stereocenters. The summed E-state index contributed by atoms with van der Waals surface area (Å²) in [6, 6.07) is 0.420. The van der Waals surface area contributed by atoms with E-state index in [1.807, 2.05) is 0 Å². The maximum Gasteiger partial charge on any atom is 0.215 e. The van der Waals surface area contributed by atoms with Crippen LogP contribution in [0.3, 0.4) is 0 Å². The minimum absolute atomic E-state index is 0.116. The molecule has 0 aromatic rings. The number of carbonyl (C=O) groups is 1. The van der Waals surface area contributed by atoms with Crippen LogP contribution in [-0.4, -0.2) is 34.9 Å². The van der Waals surface area contributed by atoms with Crippen LogP contribution in [0.2, 0.25) is 0 Å². The fraction of sp³-hybridized carbons (Fsp3) is 0.667. The number of hydrogen-bond acceptors (Lipinski definition) is 7. The highest BCUT2D eigenvalue weighted by Gasteiger charge is 2.30. The predicted molar refractivity (Wildman–Crippen MR) is 60.3 cm³/mol. The molecule has 0 spiro atoms. The summed E-state index contributed by atoms with van der Waals surface area (Å²) in [5.41, 5.74) is 5.63. The summed E-state index contributed by atoms with van der Waals surface area (Å²) in [6.45, 7) is 1.76. The molecule has 1 aliphatic heterocycles. The number of nitrogens with one attached hydrogen (secondary N) is 1. The van der Waals surface area contributed by atoms with Crippen molar-refractivity contribution in [2.75, 3.05) is 0 Å². The van der Waals surface area contributed by atoms with E-state index >= 15 is 0 Å². The van der Waals surface area contributed by atoms with Gasteiger partial charge in [0.25, 0.3) is 0 Å². The summed E-state index contributed by atoms with van der Waals surface area (Å²) in [7, 11) is 0. The van der Waals surface area contributed by atoms with Crippen molar-refractivity contribution in [2.24, 2.45) is 21.6 Å². The topological polar surface area (TPSA) is 109 Å². The van der Waals surface area contributed by atoms with Crippen LogP contribution < -0.4 is 16.9 Å². The number of carbonyl (C=O) groups excluding carboxylic acids is 1. The standard InChI is InChI=1S/C9H16N6O/c1-2-6(16)7-13-8(10)15(11)9(14-7)12-5-3-4-5/h5,9,12H,2-4,11H2,1H3,(H2,10,13,14). The summed E-state index contributed by atoms with van der Waals surface area (Å²) in [6.07, 6.45) is 2.09. The van der Waals surface area contributed by atoms with Gasteiger partial charge in [-0.1, -0.05) is 6.92 Å². The maximum absolute atomic E-state index is 11.5. The van der Waals surface area contributed by atoms with Gasteiger partial charge in [-0.25, -0.2) is 15.8 Å². The molecule has 1 aliphatic carbocycles. The summed E-state index contributed by atoms with van der Waals surface area (Å²) in [4.78, 5) is 19.5. The van der Waals surface area contributed by atoms with Gasteiger partial charge in [0.1, 0.15) is 0 Å². The van der Waals surface area contributed by atoms with E-state index in [1.165, 1.54) is 5.01 Å². The molecule has 1 heterocycles. The second-order valence-electron chi connectivity index (χ2n) is 3.92.